The van der Waals surface area contributed by atoms with Crippen molar-refractivity contribution < 1.29 is 14.4 Å². The minimum Gasteiger partial charge on any atom is -0.356 e. The van der Waals surface area contributed by atoms with Gasteiger partial charge in [0.15, 0.2) is 0 Å². The Morgan fingerprint density at radius 2 is 1.86 bits per heavy atom. The molecule has 1 aromatic carbocycles. The number of hydrogen-bond donors (Lipinski definition) is 3. The van der Waals surface area contributed by atoms with E-state index in [0.29, 0.717) is 25.8 Å². The lowest BCUT2D eigenvalue weighted by molar-refractivity contribution is -0.122. The third kappa shape index (κ3) is 4.58. The molecule has 1 saturated heterocycles. The highest BCUT2D eigenvalue weighted by atomic mass is 16.2. The number of benzene rings is 1. The van der Waals surface area contributed by atoms with E-state index in [-0.39, 0.29) is 11.8 Å². The normalized spacial score (nSPS) is 17.0. The molecular formula is C16H21N3O3. The molecule has 0 aliphatic carbocycles. The maximum atomic E-state index is 11.8. The fourth-order valence-electron chi connectivity index (χ4n) is 2.31. The molecular weight excluding hydrogens is 282 g/mol. The molecule has 0 aromatic heterocycles. The van der Waals surface area contributed by atoms with Gasteiger partial charge in [0.1, 0.15) is 6.04 Å². The van der Waals surface area contributed by atoms with Gasteiger partial charge in [0, 0.05) is 13.0 Å². The van der Waals surface area contributed by atoms with Gasteiger partial charge in [-0.3, -0.25) is 14.9 Å². The van der Waals surface area contributed by atoms with Gasteiger partial charge >= 0.3 is 6.03 Å². The van der Waals surface area contributed by atoms with Crippen molar-refractivity contribution in [3.05, 3.63) is 35.4 Å². The van der Waals surface area contributed by atoms with Crippen LogP contribution in [0.5, 0.6) is 0 Å². The van der Waals surface area contributed by atoms with Gasteiger partial charge in [0.05, 0.1) is 0 Å². The quantitative estimate of drug-likeness (QED) is 0.654. The summed E-state index contributed by atoms with van der Waals surface area (Å²) in [6.45, 7) is 2.47. The van der Waals surface area contributed by atoms with Crippen molar-refractivity contribution in [3.63, 3.8) is 0 Å². The molecule has 1 aliphatic rings. The molecule has 118 valence electrons. The molecule has 0 radical (unpaired) electrons. The zero-order valence-corrected chi connectivity index (χ0v) is 12.6. The van der Waals surface area contributed by atoms with Gasteiger partial charge in [-0.1, -0.05) is 31.2 Å². The summed E-state index contributed by atoms with van der Waals surface area (Å²) in [5, 5.41) is 7.42. The number of amides is 4. The molecule has 6 nitrogen and oxygen atoms in total. The van der Waals surface area contributed by atoms with Gasteiger partial charge in [-0.15, -0.1) is 0 Å². The Morgan fingerprint density at radius 1 is 1.18 bits per heavy atom. The van der Waals surface area contributed by atoms with Crippen molar-refractivity contribution in [2.75, 3.05) is 6.54 Å². The number of carbonyl (C=O) groups is 3. The van der Waals surface area contributed by atoms with Crippen LogP contribution in [0.25, 0.3) is 0 Å². The Hall–Kier alpha value is -2.37. The molecule has 1 fully saturated rings. The van der Waals surface area contributed by atoms with Gasteiger partial charge in [-0.25, -0.2) is 4.79 Å². The summed E-state index contributed by atoms with van der Waals surface area (Å²) < 4.78 is 0. The molecule has 1 unspecified atom stereocenters. The number of imide groups is 1. The average molecular weight is 303 g/mol. The highest BCUT2D eigenvalue weighted by Gasteiger charge is 2.28. The smallest absolute Gasteiger partial charge is 0.322 e. The zero-order valence-electron chi connectivity index (χ0n) is 12.6. The first kappa shape index (κ1) is 16.0. The van der Waals surface area contributed by atoms with Crippen LogP contribution in [0, 0.1) is 0 Å². The van der Waals surface area contributed by atoms with Crippen molar-refractivity contribution in [2.45, 2.75) is 38.6 Å². The summed E-state index contributed by atoms with van der Waals surface area (Å²) >= 11 is 0. The van der Waals surface area contributed by atoms with Gasteiger partial charge in [-0.05, 0) is 30.4 Å². The monoisotopic (exact) mass is 303 g/mol. The third-order valence-electron chi connectivity index (χ3n) is 3.69. The van der Waals surface area contributed by atoms with Gasteiger partial charge in [0.25, 0.3) is 5.91 Å². The predicted octanol–water partition coefficient (Wildman–Crippen LogP) is 0.896. The maximum Gasteiger partial charge on any atom is 0.322 e. The number of urea groups is 1. The number of hydrogen-bond acceptors (Lipinski definition) is 3. The molecule has 22 heavy (non-hydrogen) atoms. The van der Waals surface area contributed by atoms with E-state index in [1.54, 1.807) is 0 Å². The van der Waals surface area contributed by atoms with Crippen LogP contribution in [0.3, 0.4) is 0 Å². The van der Waals surface area contributed by atoms with E-state index in [1.165, 1.54) is 5.56 Å². The van der Waals surface area contributed by atoms with E-state index in [4.69, 9.17) is 0 Å². The Labute approximate surface area is 129 Å². The Kier molecular flexibility index (Phi) is 5.52. The topological polar surface area (TPSA) is 87.3 Å². The molecule has 1 atom stereocenters. The Balaban J connectivity index is 1.65. The molecule has 0 bridgehead atoms. The van der Waals surface area contributed by atoms with Crippen LogP contribution < -0.4 is 16.0 Å². The summed E-state index contributed by atoms with van der Waals surface area (Å²) in [5.74, 6) is -0.389. The van der Waals surface area contributed by atoms with Crippen LogP contribution in [0.4, 0.5) is 4.79 Å². The van der Waals surface area contributed by atoms with E-state index in [2.05, 4.69) is 35.0 Å². The molecule has 2 rings (SSSR count). The van der Waals surface area contributed by atoms with Crippen LogP contribution in [-0.2, 0) is 22.4 Å². The van der Waals surface area contributed by atoms with E-state index >= 15 is 0 Å². The molecule has 3 N–H and O–H groups in total. The van der Waals surface area contributed by atoms with Crippen LogP contribution in [-0.4, -0.2) is 30.4 Å². The molecule has 4 amide bonds. The highest BCUT2D eigenvalue weighted by Crippen LogP contribution is 2.07. The lowest BCUT2D eigenvalue weighted by atomic mass is 10.1. The van der Waals surface area contributed by atoms with E-state index < -0.39 is 12.1 Å². The standard InChI is InChI=1S/C16H21N3O3/c1-2-11-3-5-12(6-4-11)7-8-14(20)17-10-9-13-15(21)19-16(22)18-13/h3-6,13H,2,7-10H2,1H3,(H,17,20)(H2,18,19,21,22). The lowest BCUT2D eigenvalue weighted by Crippen LogP contribution is -2.34. The second kappa shape index (κ2) is 7.59. The van der Waals surface area contributed by atoms with Crippen LogP contribution in [0.2, 0.25) is 0 Å². The second-order valence-corrected chi connectivity index (χ2v) is 5.32. The molecule has 0 spiro atoms. The van der Waals surface area contributed by atoms with Gasteiger partial charge in [-0.2, -0.15) is 0 Å². The molecule has 0 saturated carbocycles. The second-order valence-electron chi connectivity index (χ2n) is 5.32. The average Bonchev–Trinajstić information content (AvgIpc) is 2.83. The van der Waals surface area contributed by atoms with Gasteiger partial charge < -0.3 is 10.6 Å². The first-order valence-electron chi connectivity index (χ1n) is 7.54. The molecule has 1 heterocycles. The minimum atomic E-state index is -0.547. The zero-order chi connectivity index (χ0) is 15.9. The molecule has 1 aliphatic heterocycles. The highest BCUT2D eigenvalue weighted by molar-refractivity contribution is 6.04. The van der Waals surface area contributed by atoms with E-state index in [0.717, 1.165) is 12.0 Å². The van der Waals surface area contributed by atoms with E-state index in [1.807, 2.05) is 12.1 Å². The first-order valence-corrected chi connectivity index (χ1v) is 7.54. The number of nitrogens with one attached hydrogen (secondary N) is 3. The summed E-state index contributed by atoms with van der Waals surface area (Å²) in [6.07, 6.45) is 2.51. The SMILES string of the molecule is CCc1ccc(CCC(=O)NCCC2NC(=O)NC2=O)cc1. The number of aryl methyl sites for hydroxylation is 2. The molecule has 6 heteroatoms. The van der Waals surface area contributed by atoms with Crippen molar-refractivity contribution >= 4 is 17.8 Å². The van der Waals surface area contributed by atoms with Crippen molar-refractivity contribution in [1.29, 1.82) is 0 Å². The number of rotatable bonds is 7. The lowest BCUT2D eigenvalue weighted by Gasteiger charge is -2.08. The van der Waals surface area contributed by atoms with Gasteiger partial charge in [0.2, 0.25) is 5.91 Å². The number of carbonyl (C=O) groups excluding carboxylic acids is 3. The summed E-state index contributed by atoms with van der Waals surface area (Å²) in [4.78, 5) is 34.0. The van der Waals surface area contributed by atoms with Crippen LogP contribution in [0.15, 0.2) is 24.3 Å². The fourth-order valence-corrected chi connectivity index (χ4v) is 2.31. The predicted molar refractivity (Wildman–Crippen MR) is 82.2 cm³/mol. The van der Waals surface area contributed by atoms with Crippen LogP contribution >= 0.6 is 0 Å². The van der Waals surface area contributed by atoms with Crippen molar-refractivity contribution in [1.82, 2.24) is 16.0 Å². The fraction of sp³-hybridized carbons (Fsp3) is 0.438. The Morgan fingerprint density at radius 3 is 2.45 bits per heavy atom. The largest absolute Gasteiger partial charge is 0.356 e. The third-order valence-corrected chi connectivity index (χ3v) is 3.69. The van der Waals surface area contributed by atoms with Crippen molar-refractivity contribution in [2.24, 2.45) is 0 Å². The maximum absolute atomic E-state index is 11.8. The van der Waals surface area contributed by atoms with Crippen LogP contribution in [0.1, 0.15) is 30.9 Å². The van der Waals surface area contributed by atoms with Crippen molar-refractivity contribution in [3.8, 4) is 0 Å². The summed E-state index contributed by atoms with van der Waals surface area (Å²) in [5.41, 5.74) is 2.42. The molecule has 1 aromatic rings. The first-order chi connectivity index (χ1) is 10.6. The summed E-state index contributed by atoms with van der Waals surface area (Å²) in [6, 6.07) is 7.23. The summed E-state index contributed by atoms with van der Waals surface area (Å²) in [7, 11) is 0. The Bertz CT molecular complexity index is 554. The van der Waals surface area contributed by atoms with E-state index in [9.17, 15) is 14.4 Å². The minimum absolute atomic E-state index is 0.0516.